The minimum Gasteiger partial charge on any atom is -0.356 e. The minimum atomic E-state index is -0.887. The molecule has 3 aliphatic heterocycles. The number of nitrogens with zero attached hydrogens (tertiary/aromatic N) is 2. The van der Waals surface area contributed by atoms with Crippen LogP contribution in [-0.4, -0.2) is 20.4 Å². The predicted octanol–water partition coefficient (Wildman–Crippen LogP) is 2.37. The summed E-state index contributed by atoms with van der Waals surface area (Å²) < 4.78 is 1.60. The van der Waals surface area contributed by atoms with Gasteiger partial charge in [0.2, 0.25) is 5.91 Å². The first-order chi connectivity index (χ1) is 13.1. The lowest BCUT2D eigenvalue weighted by Crippen LogP contribution is -2.55. The van der Waals surface area contributed by atoms with Gasteiger partial charge in [0.25, 0.3) is 5.56 Å². The second-order valence-corrected chi connectivity index (χ2v) is 7.49. The van der Waals surface area contributed by atoms with Crippen molar-refractivity contribution in [3.05, 3.63) is 76.0 Å². The van der Waals surface area contributed by atoms with E-state index < -0.39 is 11.6 Å². The van der Waals surface area contributed by atoms with Crippen molar-refractivity contribution < 1.29 is 4.79 Å². The van der Waals surface area contributed by atoms with Crippen LogP contribution in [0, 0.1) is 0 Å². The molecular weight excluding hydrogens is 340 g/mol. The number of carbonyl (C=O) groups is 1. The Hall–Kier alpha value is -3.41. The number of benzene rings is 2. The van der Waals surface area contributed by atoms with Gasteiger partial charge in [0, 0.05) is 17.3 Å². The number of rotatable bonds is 0. The zero-order valence-electron chi connectivity index (χ0n) is 14.6. The van der Waals surface area contributed by atoms with E-state index in [4.69, 9.17) is 4.98 Å². The number of aromatic amines is 1. The average Bonchev–Trinajstić information content (AvgIpc) is 2.96. The van der Waals surface area contributed by atoms with Gasteiger partial charge in [0.15, 0.2) is 0 Å². The molecule has 132 valence electrons. The lowest BCUT2D eigenvalue weighted by Gasteiger charge is -2.36. The zero-order chi connectivity index (χ0) is 18.3. The summed E-state index contributed by atoms with van der Waals surface area (Å²) in [5, 5.41) is 4.76. The van der Waals surface area contributed by atoms with E-state index in [0.717, 1.165) is 22.2 Å². The Bertz CT molecular complexity index is 1350. The quantitative estimate of drug-likeness (QED) is 0.508. The monoisotopic (exact) mass is 356 g/mol. The van der Waals surface area contributed by atoms with Gasteiger partial charge < -0.3 is 10.3 Å². The molecule has 3 aliphatic rings. The molecule has 0 radical (unpaired) electrons. The van der Waals surface area contributed by atoms with Gasteiger partial charge in [-0.15, -0.1) is 0 Å². The topological polar surface area (TPSA) is 79.8 Å². The molecule has 0 unspecified atom stereocenters. The third-order valence-corrected chi connectivity index (χ3v) is 5.95. The molecule has 2 N–H and O–H groups in total. The van der Waals surface area contributed by atoms with Gasteiger partial charge in [-0.3, -0.25) is 14.2 Å². The number of aromatic nitrogens is 3. The summed E-state index contributed by atoms with van der Waals surface area (Å²) in [7, 11) is 0. The highest BCUT2D eigenvalue weighted by Gasteiger charge is 2.49. The molecule has 0 aliphatic carbocycles. The number of amides is 1. The number of hydrogen-bond acceptors (Lipinski definition) is 3. The summed E-state index contributed by atoms with van der Waals surface area (Å²) in [5.41, 5.74) is 2.62. The first-order valence-corrected chi connectivity index (χ1v) is 9.02. The number of H-pyrrole nitrogens is 1. The van der Waals surface area contributed by atoms with E-state index in [1.807, 2.05) is 43.3 Å². The van der Waals surface area contributed by atoms with Crippen LogP contribution in [-0.2, 0) is 16.8 Å². The second-order valence-electron chi connectivity index (χ2n) is 7.49. The van der Waals surface area contributed by atoms with Gasteiger partial charge in [0.05, 0.1) is 16.6 Å². The normalized spacial score (nSPS) is 23.1. The molecule has 1 amide bonds. The van der Waals surface area contributed by atoms with E-state index >= 15 is 0 Å². The molecule has 0 saturated carbocycles. The van der Waals surface area contributed by atoms with Crippen LogP contribution in [0.25, 0.3) is 21.8 Å². The Morgan fingerprint density at radius 1 is 1.07 bits per heavy atom. The number of fused-ring (bicyclic) bond motifs is 3. The summed E-state index contributed by atoms with van der Waals surface area (Å²) in [6, 6.07) is 14.8. The highest BCUT2D eigenvalue weighted by Crippen LogP contribution is 2.43. The van der Waals surface area contributed by atoms with Crippen LogP contribution < -0.4 is 10.9 Å². The maximum absolute atomic E-state index is 13.3. The Labute approximate surface area is 153 Å². The summed E-state index contributed by atoms with van der Waals surface area (Å²) >= 11 is 0. The number of para-hydroxylation sites is 2. The third-order valence-electron chi connectivity index (χ3n) is 5.95. The highest BCUT2D eigenvalue weighted by molar-refractivity contribution is 5.91. The van der Waals surface area contributed by atoms with E-state index in [0.29, 0.717) is 23.1 Å². The van der Waals surface area contributed by atoms with Crippen molar-refractivity contribution in [2.45, 2.75) is 24.9 Å². The van der Waals surface area contributed by atoms with Crippen LogP contribution in [0.2, 0.25) is 0 Å². The summed E-state index contributed by atoms with van der Waals surface area (Å²) in [5.74, 6) is 0.443. The van der Waals surface area contributed by atoms with Crippen molar-refractivity contribution in [2.75, 3.05) is 0 Å². The first-order valence-electron chi connectivity index (χ1n) is 9.02. The summed E-state index contributed by atoms with van der Waals surface area (Å²) in [6.07, 6.45) is 0.466. The van der Waals surface area contributed by atoms with Crippen LogP contribution in [0.1, 0.15) is 30.0 Å². The molecular formula is C21H16N4O2. The van der Waals surface area contributed by atoms with E-state index in [9.17, 15) is 9.59 Å². The van der Waals surface area contributed by atoms with Crippen molar-refractivity contribution in [2.24, 2.45) is 0 Å². The molecule has 4 aromatic rings. The number of hydrogen-bond donors (Lipinski definition) is 2. The van der Waals surface area contributed by atoms with Gasteiger partial charge in [-0.25, -0.2) is 4.98 Å². The van der Waals surface area contributed by atoms with E-state index in [-0.39, 0.29) is 11.5 Å². The maximum Gasteiger partial charge on any atom is 0.262 e. The van der Waals surface area contributed by atoms with Crippen LogP contribution >= 0.6 is 0 Å². The second kappa shape index (κ2) is 4.65. The lowest BCUT2D eigenvalue weighted by atomic mass is 9.93. The molecule has 0 fully saturated rings. The Morgan fingerprint density at radius 3 is 2.67 bits per heavy atom. The van der Waals surface area contributed by atoms with E-state index in [1.54, 1.807) is 10.6 Å². The fraction of sp³-hybridized carbons (Fsp3) is 0.190. The standard InChI is InChI=1S/C21H16N4O2/c1-21-17-13(11-6-2-4-8-14(11)22-17)10-16(18(26)24-21)25-19(27)12-7-3-5-9-15(12)23-20(21)25/h2-9,16,22H,10H2,1H3,(H,24,26)/t16-,21-/m0/s1. The van der Waals surface area contributed by atoms with Crippen molar-refractivity contribution in [3.8, 4) is 0 Å². The fourth-order valence-electron chi connectivity index (χ4n) is 4.68. The van der Waals surface area contributed by atoms with E-state index in [1.165, 1.54) is 0 Å². The molecule has 2 atom stereocenters. The smallest absolute Gasteiger partial charge is 0.262 e. The number of nitrogens with one attached hydrogen (secondary N) is 2. The number of carbonyl (C=O) groups excluding carboxylic acids is 1. The Kier molecular flexibility index (Phi) is 2.54. The van der Waals surface area contributed by atoms with E-state index in [2.05, 4.69) is 16.4 Å². The Balaban J connectivity index is 1.79. The molecule has 6 heteroatoms. The van der Waals surface area contributed by atoms with Gasteiger partial charge in [0.1, 0.15) is 17.4 Å². The third kappa shape index (κ3) is 1.68. The van der Waals surface area contributed by atoms with Crippen molar-refractivity contribution in [3.63, 3.8) is 0 Å². The molecule has 27 heavy (non-hydrogen) atoms. The average molecular weight is 356 g/mol. The van der Waals surface area contributed by atoms with Crippen molar-refractivity contribution in [1.29, 1.82) is 0 Å². The lowest BCUT2D eigenvalue weighted by molar-refractivity contribution is -0.127. The molecule has 7 rings (SSSR count). The molecule has 5 heterocycles. The maximum atomic E-state index is 13.3. The van der Waals surface area contributed by atoms with Crippen LogP contribution in [0.3, 0.4) is 0 Å². The molecule has 2 aromatic carbocycles. The van der Waals surface area contributed by atoms with Crippen molar-refractivity contribution in [1.82, 2.24) is 19.9 Å². The zero-order valence-corrected chi connectivity index (χ0v) is 14.6. The van der Waals surface area contributed by atoms with Gasteiger partial charge >= 0.3 is 0 Å². The Morgan fingerprint density at radius 2 is 1.81 bits per heavy atom. The molecule has 2 aromatic heterocycles. The predicted molar refractivity (Wildman–Crippen MR) is 102 cm³/mol. The van der Waals surface area contributed by atoms with Gasteiger partial charge in [-0.05, 0) is 30.7 Å². The van der Waals surface area contributed by atoms with Gasteiger partial charge in [-0.1, -0.05) is 30.3 Å². The highest BCUT2D eigenvalue weighted by atomic mass is 16.2. The largest absolute Gasteiger partial charge is 0.356 e. The SMILES string of the molecule is C[C@]12NC(=O)[C@H](Cc3c1[nH]c1ccccc31)n1c2nc2ccccc2c1=O. The molecule has 0 saturated heterocycles. The molecule has 0 spiro atoms. The van der Waals surface area contributed by atoms with Gasteiger partial charge in [-0.2, -0.15) is 0 Å². The summed E-state index contributed by atoms with van der Waals surface area (Å²) in [6.45, 7) is 1.92. The van der Waals surface area contributed by atoms with Crippen LogP contribution in [0.5, 0.6) is 0 Å². The molecule has 2 bridgehead atoms. The minimum absolute atomic E-state index is 0.141. The van der Waals surface area contributed by atoms with Crippen LogP contribution in [0.4, 0.5) is 0 Å². The summed E-state index contributed by atoms with van der Waals surface area (Å²) in [4.78, 5) is 34.5. The first kappa shape index (κ1) is 14.7. The van der Waals surface area contributed by atoms with Crippen LogP contribution in [0.15, 0.2) is 53.3 Å². The molecule has 6 nitrogen and oxygen atoms in total. The van der Waals surface area contributed by atoms with Crippen molar-refractivity contribution >= 4 is 27.7 Å². The fourth-order valence-corrected chi connectivity index (χ4v) is 4.68.